The lowest BCUT2D eigenvalue weighted by molar-refractivity contribution is -0.120. The lowest BCUT2D eigenvalue weighted by Gasteiger charge is -2.12. The van der Waals surface area contributed by atoms with Gasteiger partial charge in [0.2, 0.25) is 5.91 Å². The molecule has 1 aliphatic heterocycles. The molecule has 1 aliphatic carbocycles. The van der Waals surface area contributed by atoms with Crippen molar-refractivity contribution >= 4 is 5.91 Å². The van der Waals surface area contributed by atoms with Gasteiger partial charge < -0.3 is 15.5 Å². The second kappa shape index (κ2) is 4.94. The molecule has 0 radical (unpaired) electrons. The normalized spacial score (nSPS) is 26.9. The van der Waals surface area contributed by atoms with E-state index < -0.39 is 0 Å². The fraction of sp³-hybridized carbons (Fsp3) is 0.909. The van der Waals surface area contributed by atoms with Crippen molar-refractivity contribution in [3.63, 3.8) is 0 Å². The summed E-state index contributed by atoms with van der Waals surface area (Å²) in [5.74, 6) is 0.919. The maximum atomic E-state index is 11.4. The van der Waals surface area contributed by atoms with Gasteiger partial charge in [0, 0.05) is 19.1 Å². The molecule has 1 saturated heterocycles. The molecule has 4 nitrogen and oxygen atoms in total. The Morgan fingerprint density at radius 1 is 1.40 bits per heavy atom. The minimum Gasteiger partial charge on any atom is -0.355 e. The highest BCUT2D eigenvalue weighted by molar-refractivity contribution is 5.78. The third-order valence-corrected chi connectivity index (χ3v) is 3.23. The number of nitrogens with zero attached hydrogens (tertiary/aromatic N) is 1. The second-order valence-corrected chi connectivity index (χ2v) is 4.88. The fourth-order valence-corrected chi connectivity index (χ4v) is 1.98. The van der Waals surface area contributed by atoms with E-state index >= 15 is 0 Å². The van der Waals surface area contributed by atoms with E-state index in [1.807, 2.05) is 0 Å². The standard InChI is InChI=1S/C11H21N3O/c1-14-5-4-10(8-14)12-7-11(15)13-6-9-2-3-9/h9-10,12H,2-8H2,1H3,(H,13,15). The zero-order valence-electron chi connectivity index (χ0n) is 9.46. The van der Waals surface area contributed by atoms with E-state index in [4.69, 9.17) is 0 Å². The number of nitrogens with one attached hydrogen (secondary N) is 2. The van der Waals surface area contributed by atoms with Crippen LogP contribution in [-0.2, 0) is 4.79 Å². The first kappa shape index (κ1) is 10.9. The Bertz CT molecular complexity index is 228. The molecule has 2 N–H and O–H groups in total. The summed E-state index contributed by atoms with van der Waals surface area (Å²) >= 11 is 0. The Morgan fingerprint density at radius 2 is 2.20 bits per heavy atom. The highest BCUT2D eigenvalue weighted by atomic mass is 16.1. The van der Waals surface area contributed by atoms with Gasteiger partial charge in [0.1, 0.15) is 0 Å². The molecule has 1 saturated carbocycles. The third kappa shape index (κ3) is 3.80. The van der Waals surface area contributed by atoms with Crippen LogP contribution in [0.15, 0.2) is 0 Å². The molecule has 1 amide bonds. The molecule has 1 atom stereocenters. The van der Waals surface area contributed by atoms with E-state index in [1.165, 1.54) is 12.8 Å². The largest absolute Gasteiger partial charge is 0.355 e. The number of likely N-dealkylation sites (tertiary alicyclic amines) is 1. The molecule has 2 rings (SSSR count). The minimum absolute atomic E-state index is 0.149. The predicted octanol–water partition coefficient (Wildman–Crippen LogP) is -0.194. The van der Waals surface area contributed by atoms with Crippen molar-refractivity contribution < 1.29 is 4.79 Å². The molecule has 2 aliphatic rings. The van der Waals surface area contributed by atoms with Crippen molar-refractivity contribution in [2.45, 2.75) is 25.3 Å². The van der Waals surface area contributed by atoms with Gasteiger partial charge in [-0.3, -0.25) is 4.79 Å². The number of rotatable bonds is 5. The van der Waals surface area contributed by atoms with Crippen molar-refractivity contribution in [2.75, 3.05) is 33.2 Å². The molecule has 1 unspecified atom stereocenters. The van der Waals surface area contributed by atoms with Gasteiger partial charge in [-0.2, -0.15) is 0 Å². The van der Waals surface area contributed by atoms with E-state index in [2.05, 4.69) is 22.6 Å². The summed E-state index contributed by atoms with van der Waals surface area (Å²) in [6.07, 6.45) is 3.74. The van der Waals surface area contributed by atoms with Gasteiger partial charge >= 0.3 is 0 Å². The number of amides is 1. The summed E-state index contributed by atoms with van der Waals surface area (Å²) in [6.45, 7) is 3.56. The van der Waals surface area contributed by atoms with Gasteiger partial charge in [0.25, 0.3) is 0 Å². The maximum absolute atomic E-state index is 11.4. The van der Waals surface area contributed by atoms with Crippen LogP contribution in [-0.4, -0.2) is 50.1 Å². The summed E-state index contributed by atoms with van der Waals surface area (Å²) in [5, 5.41) is 6.27. The molecule has 86 valence electrons. The molecular weight excluding hydrogens is 190 g/mol. The van der Waals surface area contributed by atoms with Crippen molar-refractivity contribution in [3.05, 3.63) is 0 Å². The minimum atomic E-state index is 0.149. The lowest BCUT2D eigenvalue weighted by atomic mass is 10.2. The van der Waals surface area contributed by atoms with E-state index in [0.29, 0.717) is 12.6 Å². The molecule has 0 bridgehead atoms. The molecular formula is C11H21N3O. The predicted molar refractivity (Wildman–Crippen MR) is 59.6 cm³/mol. The number of hydrogen-bond donors (Lipinski definition) is 2. The topological polar surface area (TPSA) is 44.4 Å². The van der Waals surface area contributed by atoms with Crippen LogP contribution in [0.3, 0.4) is 0 Å². The Hall–Kier alpha value is -0.610. The van der Waals surface area contributed by atoms with Gasteiger partial charge in [0.15, 0.2) is 0 Å². The summed E-state index contributed by atoms with van der Waals surface area (Å²) < 4.78 is 0. The maximum Gasteiger partial charge on any atom is 0.233 e. The molecule has 15 heavy (non-hydrogen) atoms. The smallest absolute Gasteiger partial charge is 0.233 e. The molecule has 0 aromatic rings. The van der Waals surface area contributed by atoms with Crippen molar-refractivity contribution in [3.8, 4) is 0 Å². The van der Waals surface area contributed by atoms with Crippen LogP contribution in [0.2, 0.25) is 0 Å². The van der Waals surface area contributed by atoms with Crippen LogP contribution in [0.1, 0.15) is 19.3 Å². The molecule has 2 fully saturated rings. The quantitative estimate of drug-likeness (QED) is 0.662. The molecule has 0 aromatic heterocycles. The lowest BCUT2D eigenvalue weighted by Crippen LogP contribution is -2.40. The van der Waals surface area contributed by atoms with Crippen LogP contribution in [0.25, 0.3) is 0 Å². The Balaban J connectivity index is 1.54. The second-order valence-electron chi connectivity index (χ2n) is 4.88. The van der Waals surface area contributed by atoms with Crippen LogP contribution < -0.4 is 10.6 Å². The first-order valence-corrected chi connectivity index (χ1v) is 5.92. The van der Waals surface area contributed by atoms with Crippen LogP contribution >= 0.6 is 0 Å². The number of carbonyl (C=O) groups is 1. The van der Waals surface area contributed by atoms with E-state index in [9.17, 15) is 4.79 Å². The van der Waals surface area contributed by atoms with E-state index in [-0.39, 0.29) is 5.91 Å². The van der Waals surface area contributed by atoms with Crippen LogP contribution in [0.5, 0.6) is 0 Å². The van der Waals surface area contributed by atoms with Gasteiger partial charge in [0.05, 0.1) is 6.54 Å². The van der Waals surface area contributed by atoms with Crippen molar-refractivity contribution in [1.82, 2.24) is 15.5 Å². The average Bonchev–Trinajstić information content (AvgIpc) is 2.95. The Kier molecular flexibility index (Phi) is 3.59. The molecule has 1 heterocycles. The van der Waals surface area contributed by atoms with Crippen LogP contribution in [0.4, 0.5) is 0 Å². The molecule has 0 aromatic carbocycles. The number of carbonyl (C=O) groups excluding carboxylic acids is 1. The third-order valence-electron chi connectivity index (χ3n) is 3.23. The van der Waals surface area contributed by atoms with Crippen LogP contribution in [0, 0.1) is 5.92 Å². The highest BCUT2D eigenvalue weighted by Crippen LogP contribution is 2.27. The zero-order chi connectivity index (χ0) is 10.7. The number of likely N-dealkylation sites (N-methyl/N-ethyl adjacent to an activating group) is 1. The molecule has 0 spiro atoms. The van der Waals surface area contributed by atoms with Gasteiger partial charge in [-0.25, -0.2) is 0 Å². The fourth-order valence-electron chi connectivity index (χ4n) is 1.98. The summed E-state index contributed by atoms with van der Waals surface area (Å²) in [7, 11) is 2.12. The first-order valence-electron chi connectivity index (χ1n) is 5.92. The van der Waals surface area contributed by atoms with Crippen molar-refractivity contribution in [1.29, 1.82) is 0 Å². The van der Waals surface area contributed by atoms with Crippen molar-refractivity contribution in [2.24, 2.45) is 5.92 Å². The highest BCUT2D eigenvalue weighted by Gasteiger charge is 2.22. The summed E-state index contributed by atoms with van der Waals surface area (Å²) in [5.41, 5.74) is 0. The van der Waals surface area contributed by atoms with Gasteiger partial charge in [-0.05, 0) is 38.8 Å². The SMILES string of the molecule is CN1CCC(NCC(=O)NCC2CC2)C1. The Morgan fingerprint density at radius 3 is 2.80 bits per heavy atom. The summed E-state index contributed by atoms with van der Waals surface area (Å²) in [4.78, 5) is 13.7. The van der Waals surface area contributed by atoms with Gasteiger partial charge in [-0.15, -0.1) is 0 Å². The first-order chi connectivity index (χ1) is 7.24. The Labute approximate surface area is 91.4 Å². The number of hydrogen-bond acceptors (Lipinski definition) is 3. The van der Waals surface area contributed by atoms with E-state index in [0.717, 1.165) is 32.0 Å². The summed E-state index contributed by atoms with van der Waals surface area (Å²) in [6, 6.07) is 0.502. The monoisotopic (exact) mass is 211 g/mol. The van der Waals surface area contributed by atoms with E-state index in [1.54, 1.807) is 0 Å². The van der Waals surface area contributed by atoms with Gasteiger partial charge in [-0.1, -0.05) is 0 Å². The molecule has 4 heteroatoms. The zero-order valence-corrected chi connectivity index (χ0v) is 9.46. The average molecular weight is 211 g/mol.